The van der Waals surface area contributed by atoms with Crippen molar-refractivity contribution in [2.75, 3.05) is 30.4 Å². The molecule has 1 aliphatic heterocycles. The Kier molecular flexibility index (Phi) is 6.21. The average Bonchev–Trinajstić information content (AvgIpc) is 2.77. The number of carbonyl (C=O) groups excluding carboxylic acids is 1. The normalized spacial score (nSPS) is 14.6. The molecule has 1 N–H and O–H groups in total. The number of ether oxygens (including phenoxy) is 1. The van der Waals surface area contributed by atoms with Crippen LogP contribution >= 0.6 is 0 Å². The molecule has 4 rings (SSSR count). The summed E-state index contributed by atoms with van der Waals surface area (Å²) >= 11 is 0. The molecule has 1 aromatic heterocycles. The number of fused-ring (bicyclic) bond motifs is 1. The van der Waals surface area contributed by atoms with Gasteiger partial charge in [-0.25, -0.2) is 4.79 Å². The molecular formula is C26H30N2O4. The Labute approximate surface area is 188 Å². The van der Waals surface area contributed by atoms with E-state index in [0.29, 0.717) is 28.1 Å². The molecule has 0 unspecified atom stereocenters. The average molecular weight is 435 g/mol. The van der Waals surface area contributed by atoms with Crippen molar-refractivity contribution in [1.29, 1.82) is 0 Å². The first-order valence-corrected chi connectivity index (χ1v) is 11.1. The molecule has 0 saturated carbocycles. The van der Waals surface area contributed by atoms with Gasteiger partial charge in [0.2, 0.25) is 5.91 Å². The quantitative estimate of drug-likeness (QED) is 0.582. The van der Waals surface area contributed by atoms with Gasteiger partial charge in [-0.1, -0.05) is 6.92 Å². The second-order valence-electron chi connectivity index (χ2n) is 8.77. The molecule has 6 heteroatoms. The minimum Gasteiger partial charge on any atom is -0.496 e. The van der Waals surface area contributed by atoms with Crippen LogP contribution in [0.1, 0.15) is 36.5 Å². The number of rotatable bonds is 5. The largest absolute Gasteiger partial charge is 0.496 e. The summed E-state index contributed by atoms with van der Waals surface area (Å²) in [6.45, 7) is 8.16. The summed E-state index contributed by atoms with van der Waals surface area (Å²) in [5.74, 6) is 1.15. The molecule has 2 aromatic carbocycles. The molecule has 3 aromatic rings. The van der Waals surface area contributed by atoms with Crippen molar-refractivity contribution in [3.8, 4) is 5.75 Å². The van der Waals surface area contributed by atoms with Gasteiger partial charge in [-0.15, -0.1) is 0 Å². The molecular weight excluding hydrogens is 404 g/mol. The van der Waals surface area contributed by atoms with E-state index in [0.717, 1.165) is 30.0 Å². The lowest BCUT2D eigenvalue weighted by molar-refractivity contribution is -0.115. The molecule has 32 heavy (non-hydrogen) atoms. The summed E-state index contributed by atoms with van der Waals surface area (Å²) in [6.07, 6.45) is 2.35. The molecule has 1 aliphatic rings. The monoisotopic (exact) mass is 434 g/mol. The molecule has 2 heterocycles. The van der Waals surface area contributed by atoms with Crippen LogP contribution in [0.3, 0.4) is 0 Å². The highest BCUT2D eigenvalue weighted by molar-refractivity contribution is 5.94. The highest BCUT2D eigenvalue weighted by atomic mass is 16.5. The summed E-state index contributed by atoms with van der Waals surface area (Å²) in [5, 5.41) is 3.62. The lowest BCUT2D eigenvalue weighted by Crippen LogP contribution is -2.32. The van der Waals surface area contributed by atoms with E-state index in [1.807, 2.05) is 44.2 Å². The highest BCUT2D eigenvalue weighted by Gasteiger charge is 2.19. The summed E-state index contributed by atoms with van der Waals surface area (Å²) in [5.41, 5.74) is 3.84. The van der Waals surface area contributed by atoms with Crippen LogP contribution in [0.4, 0.5) is 11.4 Å². The molecule has 6 nitrogen and oxygen atoms in total. The maximum atomic E-state index is 12.7. The van der Waals surface area contributed by atoms with Crippen molar-refractivity contribution in [2.45, 2.75) is 40.0 Å². The number of amides is 1. The summed E-state index contributed by atoms with van der Waals surface area (Å²) in [7, 11) is 1.58. The number of methoxy groups -OCH3 is 1. The molecule has 0 radical (unpaired) electrons. The lowest BCUT2D eigenvalue weighted by Gasteiger charge is -2.32. The second-order valence-corrected chi connectivity index (χ2v) is 8.77. The van der Waals surface area contributed by atoms with Gasteiger partial charge in [-0.3, -0.25) is 4.79 Å². The van der Waals surface area contributed by atoms with E-state index >= 15 is 0 Å². The fourth-order valence-corrected chi connectivity index (χ4v) is 4.39. The number of hydrogen-bond donors (Lipinski definition) is 1. The summed E-state index contributed by atoms with van der Waals surface area (Å²) < 4.78 is 11.0. The van der Waals surface area contributed by atoms with Crippen molar-refractivity contribution in [3.63, 3.8) is 0 Å². The summed E-state index contributed by atoms with van der Waals surface area (Å²) in [4.78, 5) is 27.7. The van der Waals surface area contributed by atoms with E-state index in [2.05, 4.69) is 17.1 Å². The highest BCUT2D eigenvalue weighted by Crippen LogP contribution is 2.31. The van der Waals surface area contributed by atoms with Crippen molar-refractivity contribution in [2.24, 2.45) is 5.92 Å². The number of nitrogens with zero attached hydrogens (tertiary/aromatic N) is 1. The Hall–Kier alpha value is -3.28. The van der Waals surface area contributed by atoms with E-state index in [9.17, 15) is 9.59 Å². The fourth-order valence-electron chi connectivity index (χ4n) is 4.39. The van der Waals surface area contributed by atoms with E-state index in [1.54, 1.807) is 13.2 Å². The van der Waals surface area contributed by atoms with E-state index in [4.69, 9.17) is 9.15 Å². The zero-order valence-corrected chi connectivity index (χ0v) is 19.2. The predicted molar refractivity (Wildman–Crippen MR) is 128 cm³/mol. The first-order chi connectivity index (χ1) is 15.4. The van der Waals surface area contributed by atoms with Gasteiger partial charge in [0.15, 0.2) is 0 Å². The van der Waals surface area contributed by atoms with E-state index in [1.165, 1.54) is 18.5 Å². The molecule has 1 amide bonds. The number of aryl methyl sites for hydroxylation is 2. The van der Waals surface area contributed by atoms with E-state index < -0.39 is 5.63 Å². The topological polar surface area (TPSA) is 71.8 Å². The minimum absolute atomic E-state index is 0.0626. The molecule has 1 saturated heterocycles. The Morgan fingerprint density at radius 3 is 2.50 bits per heavy atom. The van der Waals surface area contributed by atoms with Crippen molar-refractivity contribution >= 4 is 28.3 Å². The Morgan fingerprint density at radius 2 is 1.84 bits per heavy atom. The zero-order valence-electron chi connectivity index (χ0n) is 19.2. The van der Waals surface area contributed by atoms with Crippen molar-refractivity contribution in [3.05, 3.63) is 63.5 Å². The molecule has 0 bridgehead atoms. The van der Waals surface area contributed by atoms with Crippen LogP contribution < -0.4 is 20.6 Å². The van der Waals surface area contributed by atoms with Crippen LogP contribution in [0.2, 0.25) is 0 Å². The van der Waals surface area contributed by atoms with Crippen LogP contribution in [-0.2, 0) is 11.2 Å². The molecule has 0 atom stereocenters. The van der Waals surface area contributed by atoms with Crippen molar-refractivity contribution < 1.29 is 13.9 Å². The third-order valence-electron chi connectivity index (χ3n) is 6.34. The number of carbonyl (C=O) groups is 1. The first-order valence-electron chi connectivity index (χ1n) is 11.1. The van der Waals surface area contributed by atoms with Crippen LogP contribution in [-0.4, -0.2) is 26.1 Å². The maximum absolute atomic E-state index is 12.7. The number of benzene rings is 2. The van der Waals surface area contributed by atoms with Gasteiger partial charge in [0.25, 0.3) is 0 Å². The number of nitrogens with one attached hydrogen (secondary N) is 1. The molecule has 168 valence electrons. The van der Waals surface area contributed by atoms with Gasteiger partial charge in [-0.05, 0) is 80.1 Å². The minimum atomic E-state index is -0.493. The number of anilines is 2. The first kappa shape index (κ1) is 21.9. The standard InChI is InChI=1S/C26H30N2O4/c1-16-9-11-28(12-10-16)20-7-5-19(6-8-20)27-24(29)15-21-18(3)25-22(31-4)13-17(2)14-23(25)32-26(21)30/h5-8,13-14,16H,9-12,15H2,1-4H3,(H,27,29). The number of hydrogen-bond acceptors (Lipinski definition) is 5. The molecule has 0 aliphatic carbocycles. The summed E-state index contributed by atoms with van der Waals surface area (Å²) in [6, 6.07) is 11.6. The lowest BCUT2D eigenvalue weighted by atomic mass is 9.99. The van der Waals surface area contributed by atoms with Crippen LogP contribution in [0.5, 0.6) is 5.75 Å². The predicted octanol–water partition coefficient (Wildman–Crippen LogP) is 4.84. The Balaban J connectivity index is 1.50. The van der Waals surface area contributed by atoms with Gasteiger partial charge in [0.05, 0.1) is 24.5 Å². The zero-order chi connectivity index (χ0) is 22.8. The van der Waals surface area contributed by atoms with Gasteiger partial charge in [0.1, 0.15) is 11.3 Å². The Bertz CT molecular complexity index is 1190. The fraction of sp³-hybridized carbons (Fsp3) is 0.385. The van der Waals surface area contributed by atoms with Crippen molar-refractivity contribution in [1.82, 2.24) is 0 Å². The van der Waals surface area contributed by atoms with Gasteiger partial charge < -0.3 is 19.4 Å². The SMILES string of the molecule is COc1cc(C)cc2oc(=O)c(CC(=O)Nc3ccc(N4CCC(C)CC4)cc3)c(C)c12. The van der Waals surface area contributed by atoms with Gasteiger partial charge >= 0.3 is 5.63 Å². The van der Waals surface area contributed by atoms with E-state index in [-0.39, 0.29) is 12.3 Å². The molecule has 1 fully saturated rings. The Morgan fingerprint density at radius 1 is 1.16 bits per heavy atom. The van der Waals surface area contributed by atoms with Gasteiger partial charge in [0, 0.05) is 24.5 Å². The maximum Gasteiger partial charge on any atom is 0.340 e. The smallest absolute Gasteiger partial charge is 0.340 e. The number of piperidine rings is 1. The van der Waals surface area contributed by atoms with Crippen LogP contribution in [0.25, 0.3) is 11.0 Å². The third kappa shape index (κ3) is 4.49. The molecule has 0 spiro atoms. The third-order valence-corrected chi connectivity index (χ3v) is 6.34. The van der Waals surface area contributed by atoms with Crippen LogP contribution in [0, 0.1) is 19.8 Å². The van der Waals surface area contributed by atoms with Gasteiger partial charge in [-0.2, -0.15) is 0 Å². The second kappa shape index (κ2) is 9.07. The van der Waals surface area contributed by atoms with Crippen LogP contribution in [0.15, 0.2) is 45.6 Å².